The van der Waals surface area contributed by atoms with Crippen LogP contribution in [-0.4, -0.2) is 6.71 Å². The van der Waals surface area contributed by atoms with Crippen molar-refractivity contribution in [2.24, 2.45) is 0 Å². The number of benzene rings is 2. The van der Waals surface area contributed by atoms with Crippen molar-refractivity contribution in [3.63, 3.8) is 0 Å². The summed E-state index contributed by atoms with van der Waals surface area (Å²) in [5.41, 5.74) is 2.89. The van der Waals surface area contributed by atoms with Gasteiger partial charge < -0.3 is 0 Å². The van der Waals surface area contributed by atoms with Gasteiger partial charge in [-0.2, -0.15) is 0 Å². The van der Waals surface area contributed by atoms with Crippen LogP contribution >= 0.6 is 15.9 Å². The molecule has 0 fully saturated rings. The van der Waals surface area contributed by atoms with E-state index >= 15 is 0 Å². The van der Waals surface area contributed by atoms with Gasteiger partial charge in [-0.3, -0.25) is 0 Å². The number of hydrogen-bond donors (Lipinski definition) is 0. The summed E-state index contributed by atoms with van der Waals surface area (Å²) in [7, 11) is 0. The molecule has 2 unspecified atom stereocenters. The molecule has 2 aromatic carbocycles. The summed E-state index contributed by atoms with van der Waals surface area (Å²) in [6.45, 7) is 7.55. The maximum atomic E-state index is 3.94. The zero-order valence-electron chi connectivity index (χ0n) is 16.5. The molecule has 0 amide bonds. The molecule has 26 heavy (non-hydrogen) atoms. The van der Waals surface area contributed by atoms with Crippen molar-refractivity contribution in [3.05, 3.63) is 82.2 Å². The molecule has 0 saturated heterocycles. The molecule has 2 aromatic rings. The SMILES string of the molecule is CCCC/C=C(\Br)B(CC(C)c1ccccc1)CC(C)c1ccccc1. The zero-order chi connectivity index (χ0) is 18.8. The summed E-state index contributed by atoms with van der Waals surface area (Å²) in [6, 6.07) is 21.9. The van der Waals surface area contributed by atoms with Gasteiger partial charge >= 0.3 is 0 Å². The molecule has 0 N–H and O–H groups in total. The van der Waals surface area contributed by atoms with Crippen LogP contribution in [0.5, 0.6) is 0 Å². The van der Waals surface area contributed by atoms with E-state index in [0.717, 1.165) is 0 Å². The topological polar surface area (TPSA) is 0 Å². The van der Waals surface area contributed by atoms with Crippen molar-refractivity contribution in [2.45, 2.75) is 64.5 Å². The molecule has 0 aliphatic heterocycles. The van der Waals surface area contributed by atoms with Gasteiger partial charge in [0.25, 0.3) is 0 Å². The fourth-order valence-corrected chi connectivity index (χ4v) is 4.22. The third-order valence-corrected chi connectivity index (χ3v) is 6.27. The Morgan fingerprint density at radius 3 is 1.77 bits per heavy atom. The lowest BCUT2D eigenvalue weighted by atomic mass is 9.40. The second kappa shape index (κ2) is 11.4. The predicted octanol–water partition coefficient (Wildman–Crippen LogP) is 8.10. The molecule has 0 aromatic heterocycles. The lowest BCUT2D eigenvalue weighted by molar-refractivity contribution is 0.808. The van der Waals surface area contributed by atoms with Crippen molar-refractivity contribution < 1.29 is 0 Å². The lowest BCUT2D eigenvalue weighted by Gasteiger charge is -2.22. The van der Waals surface area contributed by atoms with Crippen LogP contribution in [-0.2, 0) is 0 Å². The van der Waals surface area contributed by atoms with Crippen LogP contribution in [0.4, 0.5) is 0 Å². The van der Waals surface area contributed by atoms with Crippen molar-refractivity contribution >= 4 is 22.6 Å². The number of unbranched alkanes of at least 4 members (excludes halogenated alkanes) is 2. The lowest BCUT2D eigenvalue weighted by Crippen LogP contribution is -2.19. The highest BCUT2D eigenvalue weighted by atomic mass is 79.9. The average molecular weight is 411 g/mol. The first-order valence-electron chi connectivity index (χ1n) is 10.1. The number of halogens is 1. The Bertz CT molecular complexity index is 603. The smallest absolute Gasteiger partial charge is 0.0834 e. The fraction of sp³-hybridized carbons (Fsp3) is 0.417. The van der Waals surface area contributed by atoms with Gasteiger partial charge in [0.05, 0.1) is 0 Å². The van der Waals surface area contributed by atoms with Gasteiger partial charge in [-0.05, 0) is 33.8 Å². The molecule has 0 spiro atoms. The quantitative estimate of drug-likeness (QED) is 0.274. The van der Waals surface area contributed by atoms with E-state index in [1.807, 2.05) is 0 Å². The van der Waals surface area contributed by atoms with Gasteiger partial charge in [0, 0.05) is 0 Å². The van der Waals surface area contributed by atoms with Crippen LogP contribution in [0, 0.1) is 0 Å². The molecule has 2 atom stereocenters. The Morgan fingerprint density at radius 1 is 0.885 bits per heavy atom. The highest BCUT2D eigenvalue weighted by molar-refractivity contribution is 9.12. The zero-order valence-corrected chi connectivity index (χ0v) is 18.1. The second-order valence-electron chi connectivity index (χ2n) is 7.52. The van der Waals surface area contributed by atoms with Gasteiger partial charge in [-0.15, -0.1) is 0 Å². The van der Waals surface area contributed by atoms with Gasteiger partial charge in [0.2, 0.25) is 0 Å². The first kappa shape index (κ1) is 21.0. The Morgan fingerprint density at radius 2 is 1.35 bits per heavy atom. The summed E-state index contributed by atoms with van der Waals surface area (Å²) in [6.07, 6.45) is 8.48. The Kier molecular flexibility index (Phi) is 9.25. The highest BCUT2D eigenvalue weighted by Gasteiger charge is 2.24. The van der Waals surface area contributed by atoms with Crippen LogP contribution in [0.3, 0.4) is 0 Å². The summed E-state index contributed by atoms with van der Waals surface area (Å²) < 4.78 is 1.40. The number of rotatable bonds is 10. The second-order valence-corrected chi connectivity index (χ2v) is 8.44. The van der Waals surface area contributed by atoms with Gasteiger partial charge in [-0.25, -0.2) is 0 Å². The Hall–Kier alpha value is -1.28. The molecule has 2 heteroatoms. The van der Waals surface area contributed by atoms with Gasteiger partial charge in [0.15, 0.2) is 6.71 Å². The first-order chi connectivity index (χ1) is 12.6. The van der Waals surface area contributed by atoms with Crippen molar-refractivity contribution in [1.29, 1.82) is 0 Å². The van der Waals surface area contributed by atoms with Crippen LogP contribution < -0.4 is 0 Å². The minimum Gasteiger partial charge on any atom is -0.0834 e. The predicted molar refractivity (Wildman–Crippen MR) is 122 cm³/mol. The van der Waals surface area contributed by atoms with Crippen LogP contribution in [0.15, 0.2) is 71.1 Å². The molecular formula is C24H32BBr. The molecule has 0 heterocycles. The summed E-state index contributed by atoms with van der Waals surface area (Å²) in [5, 5.41) is 0. The third kappa shape index (κ3) is 6.80. The monoisotopic (exact) mass is 410 g/mol. The molecule has 0 radical (unpaired) electrons. The van der Waals surface area contributed by atoms with E-state index < -0.39 is 0 Å². The molecule has 0 bridgehead atoms. The molecule has 2 rings (SSSR count). The van der Waals surface area contributed by atoms with Gasteiger partial charge in [0.1, 0.15) is 0 Å². The van der Waals surface area contributed by atoms with Crippen molar-refractivity contribution in [2.75, 3.05) is 0 Å². The third-order valence-electron chi connectivity index (χ3n) is 5.30. The molecule has 0 aliphatic carbocycles. The van der Waals surface area contributed by atoms with E-state index in [4.69, 9.17) is 0 Å². The number of hydrogen-bond acceptors (Lipinski definition) is 0. The Balaban J connectivity index is 2.11. The standard InChI is InChI=1S/C24H32BBr/c1-4-5-8-17-24(26)25(18-20(2)22-13-9-6-10-14-22)19-21(3)23-15-11-7-12-16-23/h6-7,9-17,20-21H,4-5,8,18-19H2,1-3H3/b24-17-. The van der Waals surface area contributed by atoms with E-state index in [0.29, 0.717) is 18.5 Å². The Labute approximate surface area is 169 Å². The van der Waals surface area contributed by atoms with E-state index in [9.17, 15) is 0 Å². The van der Waals surface area contributed by atoms with Crippen LogP contribution in [0.2, 0.25) is 12.6 Å². The molecule has 0 nitrogen and oxygen atoms in total. The average Bonchev–Trinajstić information content (AvgIpc) is 2.68. The molecule has 138 valence electrons. The minimum absolute atomic E-state index is 0.566. The van der Waals surface area contributed by atoms with E-state index in [-0.39, 0.29) is 0 Å². The maximum absolute atomic E-state index is 3.94. The van der Waals surface area contributed by atoms with E-state index in [1.54, 1.807) is 0 Å². The molecular weight excluding hydrogens is 379 g/mol. The minimum atomic E-state index is 0.566. The maximum Gasteiger partial charge on any atom is 0.185 e. The first-order valence-corrected chi connectivity index (χ1v) is 10.9. The van der Waals surface area contributed by atoms with E-state index in [1.165, 1.54) is 47.4 Å². The summed E-state index contributed by atoms with van der Waals surface area (Å²) in [5.74, 6) is 1.13. The summed E-state index contributed by atoms with van der Waals surface area (Å²) in [4.78, 5) is 0. The van der Waals surface area contributed by atoms with Gasteiger partial charge in [-0.1, -0.05) is 129 Å². The van der Waals surface area contributed by atoms with Crippen LogP contribution in [0.1, 0.15) is 63.0 Å². The highest BCUT2D eigenvalue weighted by Crippen LogP contribution is 2.32. The normalized spacial score (nSPS) is 14.1. The number of allylic oxidation sites excluding steroid dienone is 1. The molecule has 0 aliphatic rings. The van der Waals surface area contributed by atoms with Crippen molar-refractivity contribution in [3.8, 4) is 0 Å². The van der Waals surface area contributed by atoms with Crippen molar-refractivity contribution in [1.82, 2.24) is 0 Å². The fourth-order valence-electron chi connectivity index (χ4n) is 3.62. The summed E-state index contributed by atoms with van der Waals surface area (Å²) >= 11 is 3.94. The van der Waals surface area contributed by atoms with E-state index in [2.05, 4.69) is 103 Å². The largest absolute Gasteiger partial charge is 0.185 e. The van der Waals surface area contributed by atoms with Crippen LogP contribution in [0.25, 0.3) is 0 Å². The molecule has 0 saturated carbocycles.